The smallest absolute Gasteiger partial charge is 0.320 e. The van der Waals surface area contributed by atoms with E-state index < -0.39 is 6.17 Å². The highest BCUT2D eigenvalue weighted by molar-refractivity contribution is 5.75. The van der Waals surface area contributed by atoms with Crippen LogP contribution in [0.3, 0.4) is 0 Å². The summed E-state index contributed by atoms with van der Waals surface area (Å²) < 4.78 is 17.7. The lowest BCUT2D eigenvalue weighted by Crippen LogP contribution is -2.53. The molecule has 1 atom stereocenters. The Bertz CT molecular complexity index is 345. The van der Waals surface area contributed by atoms with Crippen LogP contribution >= 0.6 is 0 Å². The third-order valence-electron chi connectivity index (χ3n) is 3.62. The summed E-state index contributed by atoms with van der Waals surface area (Å²) in [6.07, 6.45) is -0.446. The van der Waals surface area contributed by atoms with Crippen molar-refractivity contribution in [2.45, 2.75) is 12.6 Å². The van der Waals surface area contributed by atoms with Gasteiger partial charge in [0, 0.05) is 32.7 Å². The van der Waals surface area contributed by atoms with E-state index in [2.05, 4.69) is 4.74 Å². The zero-order valence-electron chi connectivity index (χ0n) is 11.2. The maximum absolute atomic E-state index is 13.1. The first kappa shape index (κ1) is 14.0. The van der Waals surface area contributed by atoms with E-state index in [4.69, 9.17) is 0 Å². The van der Waals surface area contributed by atoms with Crippen LogP contribution in [-0.4, -0.2) is 85.8 Å². The van der Waals surface area contributed by atoms with E-state index in [1.165, 1.54) is 7.11 Å². The molecule has 0 aromatic heterocycles. The zero-order chi connectivity index (χ0) is 13.8. The number of nitrogens with zero attached hydrogens (tertiary/aromatic N) is 3. The van der Waals surface area contributed by atoms with Crippen molar-refractivity contribution < 1.29 is 18.7 Å². The van der Waals surface area contributed by atoms with Gasteiger partial charge in [-0.3, -0.25) is 9.69 Å². The predicted molar refractivity (Wildman–Crippen MR) is 66.5 cm³/mol. The van der Waals surface area contributed by atoms with E-state index in [0.717, 1.165) is 0 Å². The van der Waals surface area contributed by atoms with Crippen LogP contribution in [0.25, 0.3) is 0 Å². The minimum absolute atomic E-state index is 0.0853. The molecule has 2 rings (SSSR count). The van der Waals surface area contributed by atoms with E-state index in [-0.39, 0.29) is 25.1 Å². The SMILES string of the molecule is COC(=O)CN1CCN(C(=O)N2CC[C@H](F)C2)CC1. The highest BCUT2D eigenvalue weighted by Gasteiger charge is 2.31. The van der Waals surface area contributed by atoms with Crippen molar-refractivity contribution >= 4 is 12.0 Å². The molecule has 7 heteroatoms. The van der Waals surface area contributed by atoms with Crippen molar-refractivity contribution in [1.82, 2.24) is 14.7 Å². The summed E-state index contributed by atoms with van der Waals surface area (Å²) in [6, 6.07) is -0.0853. The standard InChI is InChI=1S/C12H20FN3O3/c1-19-11(17)9-14-4-6-15(7-5-14)12(18)16-3-2-10(13)8-16/h10H,2-9H2,1H3/t10-/m0/s1. The second kappa shape index (κ2) is 6.18. The van der Waals surface area contributed by atoms with E-state index in [1.54, 1.807) is 9.80 Å². The topological polar surface area (TPSA) is 53.1 Å². The fourth-order valence-corrected chi connectivity index (χ4v) is 2.44. The van der Waals surface area contributed by atoms with Gasteiger partial charge in [0.25, 0.3) is 0 Å². The molecule has 2 aliphatic heterocycles. The third-order valence-corrected chi connectivity index (χ3v) is 3.62. The zero-order valence-corrected chi connectivity index (χ0v) is 11.2. The van der Waals surface area contributed by atoms with E-state index in [0.29, 0.717) is 39.1 Å². The van der Waals surface area contributed by atoms with Crippen LogP contribution in [0.15, 0.2) is 0 Å². The number of hydrogen-bond donors (Lipinski definition) is 0. The Morgan fingerprint density at radius 3 is 2.37 bits per heavy atom. The van der Waals surface area contributed by atoms with Gasteiger partial charge in [0.15, 0.2) is 0 Å². The van der Waals surface area contributed by atoms with E-state index in [9.17, 15) is 14.0 Å². The largest absolute Gasteiger partial charge is 0.468 e. The molecule has 0 aliphatic carbocycles. The summed E-state index contributed by atoms with van der Waals surface area (Å²) in [5.74, 6) is -0.264. The van der Waals surface area contributed by atoms with Gasteiger partial charge in [-0.15, -0.1) is 0 Å². The quantitative estimate of drug-likeness (QED) is 0.662. The molecule has 0 saturated carbocycles. The van der Waals surface area contributed by atoms with Crippen LogP contribution in [0, 0.1) is 0 Å². The molecule has 0 aromatic rings. The predicted octanol–water partition coefficient (Wildman–Crippen LogP) is -0.0592. The molecular weight excluding hydrogens is 253 g/mol. The molecule has 0 spiro atoms. The van der Waals surface area contributed by atoms with Crippen molar-refractivity contribution in [1.29, 1.82) is 0 Å². The molecule has 0 unspecified atom stereocenters. The van der Waals surface area contributed by atoms with Gasteiger partial charge in [0.05, 0.1) is 20.2 Å². The van der Waals surface area contributed by atoms with Gasteiger partial charge in [-0.05, 0) is 6.42 Å². The average molecular weight is 273 g/mol. The Morgan fingerprint density at radius 1 is 1.16 bits per heavy atom. The second-order valence-corrected chi connectivity index (χ2v) is 4.95. The highest BCUT2D eigenvalue weighted by Crippen LogP contribution is 2.15. The lowest BCUT2D eigenvalue weighted by atomic mass is 10.3. The average Bonchev–Trinajstić information content (AvgIpc) is 2.85. The number of esters is 1. The maximum Gasteiger partial charge on any atom is 0.320 e. The van der Waals surface area contributed by atoms with Crippen LogP contribution in [0.2, 0.25) is 0 Å². The first-order valence-corrected chi connectivity index (χ1v) is 6.57. The number of halogens is 1. The molecule has 0 N–H and O–H groups in total. The van der Waals surface area contributed by atoms with Crippen molar-refractivity contribution in [2.24, 2.45) is 0 Å². The monoisotopic (exact) mass is 273 g/mol. The molecular formula is C12H20FN3O3. The van der Waals surface area contributed by atoms with Gasteiger partial charge >= 0.3 is 12.0 Å². The number of hydrogen-bond acceptors (Lipinski definition) is 4. The van der Waals surface area contributed by atoms with Gasteiger partial charge in [0.1, 0.15) is 6.17 Å². The third kappa shape index (κ3) is 3.56. The molecule has 19 heavy (non-hydrogen) atoms. The molecule has 0 aromatic carbocycles. The van der Waals surface area contributed by atoms with Gasteiger partial charge < -0.3 is 14.5 Å². The number of amides is 2. The molecule has 108 valence electrons. The van der Waals surface area contributed by atoms with Gasteiger partial charge in [-0.25, -0.2) is 9.18 Å². The Labute approximate surface area is 112 Å². The Hall–Kier alpha value is -1.37. The second-order valence-electron chi connectivity index (χ2n) is 4.95. The number of alkyl halides is 1. The molecule has 2 saturated heterocycles. The number of urea groups is 1. The number of methoxy groups -OCH3 is 1. The number of carbonyl (C=O) groups is 2. The minimum Gasteiger partial charge on any atom is -0.468 e. The summed E-state index contributed by atoms with van der Waals surface area (Å²) in [6.45, 7) is 3.41. The number of rotatable bonds is 2. The Morgan fingerprint density at radius 2 is 1.84 bits per heavy atom. The van der Waals surface area contributed by atoms with Gasteiger partial charge in [-0.2, -0.15) is 0 Å². The summed E-state index contributed by atoms with van der Waals surface area (Å²) in [7, 11) is 1.36. The van der Waals surface area contributed by atoms with E-state index in [1.807, 2.05) is 4.90 Å². The highest BCUT2D eigenvalue weighted by atomic mass is 19.1. The fourth-order valence-electron chi connectivity index (χ4n) is 2.44. The van der Waals surface area contributed by atoms with Crippen LogP contribution in [0.5, 0.6) is 0 Å². The molecule has 6 nitrogen and oxygen atoms in total. The number of ether oxygens (including phenoxy) is 1. The van der Waals surface area contributed by atoms with Crippen molar-refractivity contribution in [3.8, 4) is 0 Å². The van der Waals surface area contributed by atoms with E-state index >= 15 is 0 Å². The minimum atomic E-state index is -0.885. The van der Waals surface area contributed by atoms with Crippen LogP contribution < -0.4 is 0 Å². The molecule has 2 fully saturated rings. The fraction of sp³-hybridized carbons (Fsp3) is 0.833. The van der Waals surface area contributed by atoms with Crippen LogP contribution in [-0.2, 0) is 9.53 Å². The summed E-state index contributed by atoms with van der Waals surface area (Å²) >= 11 is 0. The molecule has 2 aliphatic rings. The summed E-state index contributed by atoms with van der Waals surface area (Å²) in [4.78, 5) is 28.5. The van der Waals surface area contributed by atoms with Gasteiger partial charge in [-0.1, -0.05) is 0 Å². The lowest BCUT2D eigenvalue weighted by Gasteiger charge is -2.36. The van der Waals surface area contributed by atoms with Gasteiger partial charge in [0.2, 0.25) is 0 Å². The number of piperazine rings is 1. The summed E-state index contributed by atoms with van der Waals surface area (Å²) in [5.41, 5.74) is 0. The van der Waals surface area contributed by atoms with Crippen molar-refractivity contribution in [3.63, 3.8) is 0 Å². The van der Waals surface area contributed by atoms with Crippen LogP contribution in [0.4, 0.5) is 9.18 Å². The molecule has 2 heterocycles. The summed E-state index contributed by atoms with van der Waals surface area (Å²) in [5, 5.41) is 0. The molecule has 0 radical (unpaired) electrons. The normalized spacial score (nSPS) is 24.6. The molecule has 2 amide bonds. The van der Waals surface area contributed by atoms with Crippen molar-refractivity contribution in [2.75, 3.05) is 52.9 Å². The maximum atomic E-state index is 13.1. The Kier molecular flexibility index (Phi) is 4.57. The lowest BCUT2D eigenvalue weighted by molar-refractivity contribution is -0.142. The Balaban J connectivity index is 1.76. The van der Waals surface area contributed by atoms with Crippen molar-refractivity contribution in [3.05, 3.63) is 0 Å². The molecule has 0 bridgehead atoms. The number of likely N-dealkylation sites (tertiary alicyclic amines) is 1. The first-order valence-electron chi connectivity index (χ1n) is 6.57. The first-order chi connectivity index (χ1) is 9.10. The number of carbonyl (C=O) groups excluding carboxylic acids is 2. The van der Waals surface area contributed by atoms with Crippen LogP contribution in [0.1, 0.15) is 6.42 Å².